The van der Waals surface area contributed by atoms with E-state index in [1.165, 1.54) is 6.07 Å². The molecular formula is C17H13F2N3O2. The second-order valence-corrected chi connectivity index (χ2v) is 5.43. The number of para-hydroxylation sites is 1. The Morgan fingerprint density at radius 1 is 1.12 bits per heavy atom. The number of H-pyrrole nitrogens is 1. The molecule has 1 unspecified atom stereocenters. The van der Waals surface area contributed by atoms with Gasteiger partial charge in [0.25, 0.3) is 0 Å². The zero-order valence-electron chi connectivity index (χ0n) is 12.4. The molecular weight excluding hydrogens is 316 g/mol. The van der Waals surface area contributed by atoms with Gasteiger partial charge in [-0.25, -0.2) is 4.98 Å². The molecule has 0 amide bonds. The lowest BCUT2D eigenvalue weighted by Gasteiger charge is -2.17. The summed E-state index contributed by atoms with van der Waals surface area (Å²) in [5, 5.41) is 0. The largest absolute Gasteiger partial charge is 0.586 e. The van der Waals surface area contributed by atoms with Gasteiger partial charge in [0, 0.05) is 41.7 Å². The first-order valence-corrected chi connectivity index (χ1v) is 7.39. The van der Waals surface area contributed by atoms with Crippen molar-refractivity contribution >= 4 is 0 Å². The predicted octanol–water partition coefficient (Wildman–Crippen LogP) is 3.50. The third-order valence-electron chi connectivity index (χ3n) is 3.87. The molecule has 0 bridgehead atoms. The Morgan fingerprint density at radius 3 is 2.79 bits per heavy atom. The molecule has 0 radical (unpaired) electrons. The van der Waals surface area contributed by atoms with E-state index in [4.69, 9.17) is 4.74 Å². The Labute approximate surface area is 136 Å². The number of nitrogens with zero attached hydrogens (tertiary/aromatic N) is 2. The van der Waals surface area contributed by atoms with E-state index in [-0.39, 0.29) is 17.4 Å². The minimum absolute atomic E-state index is 0.0306. The topological polar surface area (TPSA) is 60.0 Å². The van der Waals surface area contributed by atoms with Crippen LogP contribution in [-0.4, -0.2) is 21.2 Å². The van der Waals surface area contributed by atoms with Crippen molar-refractivity contribution in [3.05, 3.63) is 72.1 Å². The summed E-state index contributed by atoms with van der Waals surface area (Å²) in [5.74, 6) is -0.184. The molecule has 1 aromatic carbocycles. The van der Waals surface area contributed by atoms with Crippen LogP contribution in [0.25, 0.3) is 0 Å². The average molecular weight is 329 g/mol. The smallest absolute Gasteiger partial charge is 0.395 e. The number of ether oxygens (including phenoxy) is 2. The van der Waals surface area contributed by atoms with Crippen LogP contribution in [0.15, 0.2) is 55.1 Å². The second kappa shape index (κ2) is 5.59. The van der Waals surface area contributed by atoms with Gasteiger partial charge in [-0.1, -0.05) is 18.2 Å². The van der Waals surface area contributed by atoms with E-state index in [9.17, 15) is 8.78 Å². The fraction of sp³-hybridized carbons (Fsp3) is 0.176. The molecule has 2 aromatic heterocycles. The van der Waals surface area contributed by atoms with Gasteiger partial charge in [-0.15, -0.1) is 8.78 Å². The summed E-state index contributed by atoms with van der Waals surface area (Å²) in [7, 11) is 0. The molecule has 0 fully saturated rings. The minimum Gasteiger partial charge on any atom is -0.395 e. The van der Waals surface area contributed by atoms with E-state index >= 15 is 0 Å². The Morgan fingerprint density at radius 2 is 2.04 bits per heavy atom. The number of halogens is 2. The van der Waals surface area contributed by atoms with Crippen molar-refractivity contribution in [3.8, 4) is 11.5 Å². The number of fused-ring (bicyclic) bond motifs is 1. The zero-order valence-corrected chi connectivity index (χ0v) is 12.4. The van der Waals surface area contributed by atoms with E-state index in [1.807, 2.05) is 18.2 Å². The number of alkyl halides is 2. The van der Waals surface area contributed by atoms with Gasteiger partial charge in [-0.05, 0) is 18.2 Å². The van der Waals surface area contributed by atoms with Crippen molar-refractivity contribution in [1.29, 1.82) is 0 Å². The number of hydrogen-bond donors (Lipinski definition) is 1. The molecule has 0 aliphatic carbocycles. The fourth-order valence-electron chi connectivity index (χ4n) is 2.84. The van der Waals surface area contributed by atoms with Gasteiger partial charge in [-0.3, -0.25) is 4.98 Å². The lowest BCUT2D eigenvalue weighted by molar-refractivity contribution is -0.287. The number of aromatic nitrogens is 3. The summed E-state index contributed by atoms with van der Waals surface area (Å²) < 4.78 is 36.2. The van der Waals surface area contributed by atoms with Crippen molar-refractivity contribution in [2.24, 2.45) is 0 Å². The summed E-state index contributed by atoms with van der Waals surface area (Å²) in [6.45, 7) is 0. The van der Waals surface area contributed by atoms with Crippen molar-refractivity contribution in [3.63, 3.8) is 0 Å². The third kappa shape index (κ3) is 2.68. The maximum absolute atomic E-state index is 13.5. The van der Waals surface area contributed by atoms with Crippen LogP contribution >= 0.6 is 0 Å². The molecule has 1 N–H and O–H groups in total. The first-order valence-electron chi connectivity index (χ1n) is 7.39. The molecule has 3 heterocycles. The molecule has 0 spiro atoms. The van der Waals surface area contributed by atoms with Crippen LogP contribution in [0.5, 0.6) is 11.5 Å². The summed E-state index contributed by atoms with van der Waals surface area (Å²) in [6.07, 6.45) is 1.77. The molecule has 0 saturated carbocycles. The first-order chi connectivity index (χ1) is 11.6. The van der Waals surface area contributed by atoms with E-state index in [2.05, 4.69) is 19.7 Å². The highest BCUT2D eigenvalue weighted by Gasteiger charge is 2.45. The lowest BCUT2D eigenvalue weighted by atomic mass is 9.90. The van der Waals surface area contributed by atoms with Gasteiger partial charge in [0.2, 0.25) is 0 Å². The maximum Gasteiger partial charge on any atom is 0.586 e. The van der Waals surface area contributed by atoms with Gasteiger partial charge in [0.05, 0.1) is 6.33 Å². The predicted molar refractivity (Wildman–Crippen MR) is 81.0 cm³/mol. The Kier molecular flexibility index (Phi) is 3.41. The summed E-state index contributed by atoms with van der Waals surface area (Å²) in [6, 6.07) is 10.5. The van der Waals surface area contributed by atoms with Crippen LogP contribution in [0, 0.1) is 0 Å². The van der Waals surface area contributed by atoms with E-state index < -0.39 is 6.29 Å². The Balaban J connectivity index is 1.77. The normalized spacial score (nSPS) is 16.1. The van der Waals surface area contributed by atoms with Gasteiger partial charge in [0.15, 0.2) is 11.5 Å². The number of hydrogen-bond acceptors (Lipinski definition) is 4. The summed E-state index contributed by atoms with van der Waals surface area (Å²) >= 11 is 0. The van der Waals surface area contributed by atoms with Crippen LogP contribution in [-0.2, 0) is 6.42 Å². The molecule has 122 valence electrons. The van der Waals surface area contributed by atoms with Crippen LogP contribution in [0.4, 0.5) is 8.78 Å². The first kappa shape index (κ1) is 14.6. The highest BCUT2D eigenvalue weighted by molar-refractivity contribution is 5.52. The Bertz CT molecular complexity index is 838. The van der Waals surface area contributed by atoms with Crippen LogP contribution < -0.4 is 9.47 Å². The van der Waals surface area contributed by atoms with E-state index in [0.29, 0.717) is 12.0 Å². The molecule has 5 nitrogen and oxygen atoms in total. The highest BCUT2D eigenvalue weighted by Crippen LogP contribution is 2.47. The van der Waals surface area contributed by atoms with Crippen LogP contribution in [0.2, 0.25) is 0 Å². The molecule has 1 aliphatic heterocycles. The summed E-state index contributed by atoms with van der Waals surface area (Å²) in [4.78, 5) is 11.4. The monoisotopic (exact) mass is 329 g/mol. The van der Waals surface area contributed by atoms with Crippen LogP contribution in [0.3, 0.4) is 0 Å². The highest BCUT2D eigenvalue weighted by atomic mass is 19.3. The second-order valence-electron chi connectivity index (χ2n) is 5.43. The Hall–Kier alpha value is -2.96. The number of pyridine rings is 1. The van der Waals surface area contributed by atoms with Gasteiger partial charge < -0.3 is 14.5 Å². The number of nitrogens with one attached hydrogen (secondary N) is 1. The van der Waals surface area contributed by atoms with E-state index in [1.54, 1.807) is 30.9 Å². The number of benzene rings is 1. The van der Waals surface area contributed by atoms with Gasteiger partial charge >= 0.3 is 6.29 Å². The van der Waals surface area contributed by atoms with E-state index in [0.717, 1.165) is 11.4 Å². The standard InChI is InChI=1S/C17H13F2N3O2/c18-17(19)23-15-6-3-5-12(16(15)24-17)13(14-9-20-10-22-14)8-11-4-1-2-7-21-11/h1-7,9-10,13H,8H2,(H,20,22). The molecule has 24 heavy (non-hydrogen) atoms. The molecule has 1 aliphatic rings. The molecule has 3 aromatic rings. The SMILES string of the molecule is FC1(F)Oc2cccc(C(Cc3ccccn3)c3cnc[nH]3)c2O1. The fourth-order valence-corrected chi connectivity index (χ4v) is 2.84. The van der Waals surface area contributed by atoms with Crippen molar-refractivity contribution in [2.45, 2.75) is 18.6 Å². The quantitative estimate of drug-likeness (QED) is 0.796. The third-order valence-corrected chi connectivity index (χ3v) is 3.87. The summed E-state index contributed by atoms with van der Waals surface area (Å²) in [5.41, 5.74) is 2.22. The van der Waals surface area contributed by atoms with Crippen molar-refractivity contribution in [2.75, 3.05) is 0 Å². The average Bonchev–Trinajstić information content (AvgIpc) is 3.19. The minimum atomic E-state index is -3.65. The van der Waals surface area contributed by atoms with Gasteiger partial charge in [0.1, 0.15) is 0 Å². The molecule has 7 heteroatoms. The number of aromatic amines is 1. The zero-order chi connectivity index (χ0) is 16.6. The molecule has 1 atom stereocenters. The van der Waals surface area contributed by atoms with Crippen molar-refractivity contribution < 1.29 is 18.3 Å². The van der Waals surface area contributed by atoms with Crippen molar-refractivity contribution in [1.82, 2.24) is 15.0 Å². The van der Waals surface area contributed by atoms with Crippen LogP contribution in [0.1, 0.15) is 22.9 Å². The lowest BCUT2D eigenvalue weighted by Crippen LogP contribution is -2.26. The number of rotatable bonds is 4. The van der Waals surface area contributed by atoms with Gasteiger partial charge in [-0.2, -0.15) is 0 Å². The maximum atomic E-state index is 13.5. The molecule has 0 saturated heterocycles. The molecule has 4 rings (SSSR count). The number of imidazole rings is 1.